The summed E-state index contributed by atoms with van der Waals surface area (Å²) in [6, 6.07) is 12.7. The van der Waals surface area contributed by atoms with E-state index in [0.29, 0.717) is 25.9 Å². The Kier molecular flexibility index (Phi) is 5.62. The largest absolute Gasteiger partial charge is 0.378 e. The molecule has 4 rings (SSSR count). The van der Waals surface area contributed by atoms with Crippen molar-refractivity contribution in [2.45, 2.75) is 37.2 Å². The summed E-state index contributed by atoms with van der Waals surface area (Å²) < 4.78 is 22.0. The first-order chi connectivity index (χ1) is 14.0. The molecule has 3 atom stereocenters. The molecule has 1 unspecified atom stereocenters. The zero-order chi connectivity index (χ0) is 20.4. The van der Waals surface area contributed by atoms with Crippen molar-refractivity contribution in [3.63, 3.8) is 0 Å². The molecule has 2 aliphatic rings. The van der Waals surface area contributed by atoms with Gasteiger partial charge in [0, 0.05) is 42.0 Å². The van der Waals surface area contributed by atoms with Crippen LogP contribution in [-0.2, 0) is 11.8 Å². The van der Waals surface area contributed by atoms with E-state index in [0.717, 1.165) is 21.1 Å². The van der Waals surface area contributed by atoms with E-state index in [1.54, 1.807) is 12.3 Å². The second-order valence-electron chi connectivity index (χ2n) is 7.84. The Labute approximate surface area is 175 Å². The minimum Gasteiger partial charge on any atom is -0.378 e. The van der Waals surface area contributed by atoms with Crippen LogP contribution in [0.4, 0.5) is 4.39 Å². The third kappa shape index (κ3) is 4.17. The number of hydrogen-bond acceptors (Lipinski definition) is 4. The molecule has 0 amide bonds. The van der Waals surface area contributed by atoms with Crippen molar-refractivity contribution in [1.82, 2.24) is 9.78 Å². The van der Waals surface area contributed by atoms with Crippen molar-refractivity contribution in [1.29, 1.82) is 5.26 Å². The van der Waals surface area contributed by atoms with Gasteiger partial charge in [-0.25, -0.2) is 4.39 Å². The third-order valence-electron chi connectivity index (χ3n) is 5.82. The molecule has 2 aromatic rings. The van der Waals surface area contributed by atoms with E-state index >= 15 is 0 Å². The monoisotopic (exact) mass is 409 g/mol. The highest BCUT2D eigenvalue weighted by Gasteiger charge is 2.43. The molecule has 0 spiro atoms. The first kappa shape index (κ1) is 19.9. The van der Waals surface area contributed by atoms with Crippen molar-refractivity contribution in [3.05, 3.63) is 59.4 Å². The number of aromatic nitrogens is 2. The van der Waals surface area contributed by atoms with E-state index in [-0.39, 0.29) is 17.8 Å². The lowest BCUT2D eigenvalue weighted by atomic mass is 9.67. The molecule has 1 aromatic carbocycles. The number of rotatable bonds is 4. The molecule has 1 aliphatic heterocycles. The van der Waals surface area contributed by atoms with Crippen LogP contribution in [0.1, 0.15) is 26.2 Å². The van der Waals surface area contributed by atoms with Gasteiger partial charge in [-0.05, 0) is 49.6 Å². The van der Waals surface area contributed by atoms with Crippen LogP contribution in [0.5, 0.6) is 0 Å². The lowest BCUT2D eigenvalue weighted by Gasteiger charge is -2.40. The molecule has 1 fully saturated rings. The van der Waals surface area contributed by atoms with Gasteiger partial charge in [0.25, 0.3) is 0 Å². The summed E-state index contributed by atoms with van der Waals surface area (Å²) in [6.45, 7) is 2.55. The molecule has 0 saturated carbocycles. The molecule has 1 saturated heterocycles. The van der Waals surface area contributed by atoms with E-state index in [9.17, 15) is 9.65 Å². The molecule has 150 valence electrons. The van der Waals surface area contributed by atoms with Crippen LogP contribution in [0, 0.1) is 22.7 Å². The lowest BCUT2D eigenvalue weighted by Crippen LogP contribution is -2.38. The van der Waals surface area contributed by atoms with Crippen molar-refractivity contribution >= 4 is 11.8 Å². The Hall–Kier alpha value is -2.36. The number of ether oxygens (including phenoxy) is 1. The number of benzene rings is 1. The summed E-state index contributed by atoms with van der Waals surface area (Å²) in [5.41, 5.74) is 1.58. The standard InChI is InChI=1S/C23H24FN3OS/c1-16-14-23(15-25,8-10-28-16)18-11-19(24)13-21(12-18)29-20-5-3-17(4-6-20)22-7-9-26-27(22)2/h3-7,9,12-13,16,18H,8,10-11,14H2,1-2H3/t16-,18?,23-/m0/s1. The fourth-order valence-corrected chi connectivity index (χ4v) is 5.23. The highest BCUT2D eigenvalue weighted by atomic mass is 32.2. The molecule has 1 aliphatic carbocycles. The predicted molar refractivity (Wildman–Crippen MR) is 113 cm³/mol. The molecule has 0 radical (unpaired) electrons. The smallest absolute Gasteiger partial charge is 0.102 e. The minimum absolute atomic E-state index is 0.0291. The maximum Gasteiger partial charge on any atom is 0.102 e. The van der Waals surface area contributed by atoms with Gasteiger partial charge >= 0.3 is 0 Å². The van der Waals surface area contributed by atoms with Crippen LogP contribution in [0.25, 0.3) is 11.3 Å². The molecule has 0 bridgehead atoms. The highest BCUT2D eigenvalue weighted by molar-refractivity contribution is 8.03. The van der Waals surface area contributed by atoms with Gasteiger partial charge in [0.15, 0.2) is 0 Å². The van der Waals surface area contributed by atoms with E-state index in [4.69, 9.17) is 4.74 Å². The number of nitrogens with zero attached hydrogens (tertiary/aromatic N) is 3. The Balaban J connectivity index is 1.54. The van der Waals surface area contributed by atoms with Crippen molar-refractivity contribution < 1.29 is 9.13 Å². The summed E-state index contributed by atoms with van der Waals surface area (Å²) in [6.07, 6.45) is 7.09. The number of thioether (sulfide) groups is 1. The number of allylic oxidation sites excluding steroid dienone is 3. The van der Waals surface area contributed by atoms with Gasteiger partial charge in [0.05, 0.1) is 23.3 Å². The van der Waals surface area contributed by atoms with Crippen molar-refractivity contribution in [3.8, 4) is 17.3 Å². The van der Waals surface area contributed by atoms with E-state index < -0.39 is 5.41 Å². The molecule has 6 heteroatoms. The summed E-state index contributed by atoms with van der Waals surface area (Å²) in [5.74, 6) is -0.277. The molecule has 29 heavy (non-hydrogen) atoms. The van der Waals surface area contributed by atoms with Gasteiger partial charge in [-0.2, -0.15) is 10.4 Å². The van der Waals surface area contributed by atoms with Crippen LogP contribution in [0.15, 0.2) is 64.3 Å². The van der Waals surface area contributed by atoms with Gasteiger partial charge in [0.2, 0.25) is 0 Å². The number of hydrogen-bond donors (Lipinski definition) is 0. The molecule has 1 aromatic heterocycles. The molecular weight excluding hydrogens is 385 g/mol. The fourth-order valence-electron chi connectivity index (χ4n) is 4.27. The minimum atomic E-state index is -0.557. The average molecular weight is 410 g/mol. The lowest BCUT2D eigenvalue weighted by molar-refractivity contribution is -0.0329. The van der Waals surface area contributed by atoms with Crippen LogP contribution >= 0.6 is 11.8 Å². The van der Waals surface area contributed by atoms with Crippen molar-refractivity contribution in [2.24, 2.45) is 18.4 Å². The van der Waals surface area contributed by atoms with E-state index in [1.807, 2.05) is 36.9 Å². The van der Waals surface area contributed by atoms with Gasteiger partial charge in [-0.3, -0.25) is 4.68 Å². The Bertz CT molecular complexity index is 988. The molecule has 2 heterocycles. The Morgan fingerprint density at radius 2 is 2.10 bits per heavy atom. The van der Waals surface area contributed by atoms with E-state index in [2.05, 4.69) is 29.4 Å². The summed E-state index contributed by atoms with van der Waals surface area (Å²) in [4.78, 5) is 1.90. The van der Waals surface area contributed by atoms with Gasteiger partial charge in [-0.15, -0.1) is 0 Å². The zero-order valence-corrected chi connectivity index (χ0v) is 17.5. The Morgan fingerprint density at radius 3 is 2.76 bits per heavy atom. The Morgan fingerprint density at radius 1 is 1.31 bits per heavy atom. The first-order valence-electron chi connectivity index (χ1n) is 9.86. The quantitative estimate of drug-likeness (QED) is 0.655. The number of nitriles is 1. The first-order valence-corrected chi connectivity index (χ1v) is 10.7. The summed E-state index contributed by atoms with van der Waals surface area (Å²) >= 11 is 1.54. The van der Waals surface area contributed by atoms with Crippen molar-refractivity contribution in [2.75, 3.05) is 6.61 Å². The van der Waals surface area contributed by atoms with Crippen LogP contribution < -0.4 is 0 Å². The topological polar surface area (TPSA) is 50.8 Å². The van der Waals surface area contributed by atoms with Crippen LogP contribution in [0.3, 0.4) is 0 Å². The van der Waals surface area contributed by atoms with Crippen LogP contribution in [0.2, 0.25) is 0 Å². The van der Waals surface area contributed by atoms with E-state index in [1.165, 1.54) is 11.8 Å². The second kappa shape index (κ2) is 8.17. The molecule has 0 N–H and O–H groups in total. The normalized spacial score (nSPS) is 27.1. The maximum atomic E-state index is 14.5. The summed E-state index contributed by atoms with van der Waals surface area (Å²) in [7, 11) is 1.92. The van der Waals surface area contributed by atoms with Gasteiger partial charge < -0.3 is 4.74 Å². The highest BCUT2D eigenvalue weighted by Crippen LogP contribution is 2.47. The predicted octanol–water partition coefficient (Wildman–Crippen LogP) is 5.65. The summed E-state index contributed by atoms with van der Waals surface area (Å²) in [5, 5.41) is 14.1. The molecule has 4 nitrogen and oxygen atoms in total. The fraction of sp³-hybridized carbons (Fsp3) is 0.391. The molecular formula is C23H24FN3OS. The van der Waals surface area contributed by atoms with Gasteiger partial charge in [-0.1, -0.05) is 30.0 Å². The number of halogens is 1. The third-order valence-corrected chi connectivity index (χ3v) is 6.82. The van der Waals surface area contributed by atoms with Crippen LogP contribution in [-0.4, -0.2) is 22.5 Å². The zero-order valence-electron chi connectivity index (χ0n) is 16.6. The average Bonchev–Trinajstić information content (AvgIpc) is 3.14. The maximum absolute atomic E-state index is 14.5. The second-order valence-corrected chi connectivity index (χ2v) is 8.99. The number of aryl methyl sites for hydroxylation is 1. The van der Waals surface area contributed by atoms with Gasteiger partial charge in [0.1, 0.15) is 5.83 Å². The SMILES string of the molecule is C[C@H]1C[C@@](C#N)(C2C=C(Sc3ccc(-c4ccnn4C)cc3)C=C(F)C2)CCO1.